The molecule has 0 aliphatic heterocycles. The van der Waals surface area contributed by atoms with Crippen LogP contribution in [0.5, 0.6) is 17.2 Å². The zero-order chi connectivity index (χ0) is 25.6. The van der Waals surface area contributed by atoms with Gasteiger partial charge in [0.1, 0.15) is 12.4 Å². The van der Waals surface area contributed by atoms with E-state index in [0.717, 1.165) is 5.57 Å². The summed E-state index contributed by atoms with van der Waals surface area (Å²) in [5.74, 6) is -1.00. The molecule has 0 atom stereocenters. The van der Waals surface area contributed by atoms with E-state index in [1.54, 1.807) is 32.1 Å². The Morgan fingerprint density at radius 3 is 2.49 bits per heavy atom. The van der Waals surface area contributed by atoms with Crippen LogP contribution in [-0.4, -0.2) is 17.4 Å². The van der Waals surface area contributed by atoms with Crippen LogP contribution in [0.15, 0.2) is 77.1 Å². The van der Waals surface area contributed by atoms with E-state index in [2.05, 4.69) is 11.3 Å². The van der Waals surface area contributed by atoms with Crippen LogP contribution in [0.4, 0.5) is 13.2 Å². The third kappa shape index (κ3) is 6.92. The fourth-order valence-electron chi connectivity index (χ4n) is 3.11. The van der Waals surface area contributed by atoms with Crippen LogP contribution in [-0.2, 0) is 11.4 Å². The molecule has 0 unspecified atom stereocenters. The first kappa shape index (κ1) is 25.5. The molecule has 0 aliphatic carbocycles. The van der Waals surface area contributed by atoms with Gasteiger partial charge in [0.05, 0.1) is 12.5 Å². The Balaban J connectivity index is 2.02. The molecule has 0 saturated carbocycles. The summed E-state index contributed by atoms with van der Waals surface area (Å²) >= 11 is 0. The van der Waals surface area contributed by atoms with Gasteiger partial charge in [-0.05, 0) is 55.3 Å². The molecule has 0 aliphatic rings. The first-order valence-corrected chi connectivity index (χ1v) is 10.5. The highest BCUT2D eigenvalue weighted by Crippen LogP contribution is 2.41. The van der Waals surface area contributed by atoms with E-state index in [-0.39, 0.29) is 35.8 Å². The number of allylic oxidation sites excluding steroid dienone is 2. The van der Waals surface area contributed by atoms with Gasteiger partial charge in [-0.25, -0.2) is 4.79 Å². The summed E-state index contributed by atoms with van der Waals surface area (Å²) < 4.78 is 58.5. The molecule has 1 aromatic heterocycles. The average molecular weight is 488 g/mol. The maximum absolute atomic E-state index is 12.4. The second-order valence-electron chi connectivity index (χ2n) is 7.54. The molecule has 9 heteroatoms. The van der Waals surface area contributed by atoms with Crippen LogP contribution in [0, 0.1) is 0 Å². The third-order valence-corrected chi connectivity index (χ3v) is 4.75. The second-order valence-corrected chi connectivity index (χ2v) is 7.54. The first-order chi connectivity index (χ1) is 16.6. The van der Waals surface area contributed by atoms with Gasteiger partial charge in [0.25, 0.3) is 0 Å². The number of carboxylic acids is 1. The zero-order valence-electron chi connectivity index (χ0n) is 19.0. The molecule has 3 rings (SSSR count). The topological polar surface area (TPSA) is 78.1 Å². The van der Waals surface area contributed by atoms with Gasteiger partial charge in [0.15, 0.2) is 11.3 Å². The number of furan rings is 1. The van der Waals surface area contributed by atoms with Crippen molar-refractivity contribution in [3.63, 3.8) is 0 Å². The van der Waals surface area contributed by atoms with Crippen molar-refractivity contribution in [3.05, 3.63) is 83.9 Å². The van der Waals surface area contributed by atoms with Crippen molar-refractivity contribution in [2.75, 3.05) is 0 Å². The van der Waals surface area contributed by atoms with Crippen LogP contribution in [0.1, 0.15) is 31.4 Å². The van der Waals surface area contributed by atoms with E-state index in [1.807, 2.05) is 0 Å². The van der Waals surface area contributed by atoms with Crippen LogP contribution >= 0.6 is 0 Å². The maximum Gasteiger partial charge on any atom is 0.573 e. The fraction of sp³-hybridized carbons (Fsp3) is 0.192. The van der Waals surface area contributed by atoms with Gasteiger partial charge in [0.2, 0.25) is 5.75 Å². The van der Waals surface area contributed by atoms with E-state index in [1.165, 1.54) is 42.9 Å². The lowest BCUT2D eigenvalue weighted by Crippen LogP contribution is -2.17. The van der Waals surface area contributed by atoms with Gasteiger partial charge in [0, 0.05) is 16.5 Å². The zero-order valence-corrected chi connectivity index (χ0v) is 19.0. The molecular formula is C26H23F3O6. The average Bonchev–Trinajstić information content (AvgIpc) is 3.24. The maximum atomic E-state index is 12.4. The number of aliphatic carboxylic acids is 1. The number of carboxylic acid groups (broad SMARTS) is 1. The molecule has 0 bridgehead atoms. The Bertz CT molecular complexity index is 1270. The SMILES string of the molecule is C=C(C)C=COc1c(OCc2ccc(OC(F)(F)F)cc2)c(/C=C(\CC)C(=O)O)cc2ccoc12. The number of halogens is 3. The standard InChI is InChI=1S/C26H23F3O6/c1-4-18(25(30)31)13-20-14-19-10-12-32-22(19)24(33-11-9-16(2)3)23(20)34-15-17-5-7-21(8-6-17)35-26(27,28)29/h5-14H,2,4,15H2,1,3H3,(H,30,31)/b11-9?,18-13+. The summed E-state index contributed by atoms with van der Waals surface area (Å²) in [5, 5.41) is 10.2. The first-order valence-electron chi connectivity index (χ1n) is 10.5. The highest BCUT2D eigenvalue weighted by Gasteiger charge is 2.31. The highest BCUT2D eigenvalue weighted by molar-refractivity contribution is 5.96. The van der Waals surface area contributed by atoms with Crippen LogP contribution in [0.25, 0.3) is 17.0 Å². The smallest absolute Gasteiger partial charge is 0.484 e. The van der Waals surface area contributed by atoms with Crippen molar-refractivity contribution in [2.24, 2.45) is 0 Å². The summed E-state index contributed by atoms with van der Waals surface area (Å²) in [6.07, 6.45) is 1.47. The molecule has 0 fully saturated rings. The van der Waals surface area contributed by atoms with Crippen molar-refractivity contribution in [2.45, 2.75) is 33.2 Å². The molecule has 0 amide bonds. The largest absolute Gasteiger partial charge is 0.573 e. The monoisotopic (exact) mass is 488 g/mol. The Kier molecular flexibility index (Phi) is 7.91. The summed E-state index contributed by atoms with van der Waals surface area (Å²) in [7, 11) is 0. The van der Waals surface area contributed by atoms with Crippen molar-refractivity contribution < 1.29 is 41.7 Å². The molecule has 3 aromatic rings. The van der Waals surface area contributed by atoms with Crippen molar-refractivity contribution in [1.82, 2.24) is 0 Å². The van der Waals surface area contributed by atoms with Crippen LogP contribution < -0.4 is 14.2 Å². The number of alkyl halides is 3. The number of hydrogen-bond donors (Lipinski definition) is 1. The van der Waals surface area contributed by atoms with Gasteiger partial charge < -0.3 is 23.7 Å². The Morgan fingerprint density at radius 2 is 1.89 bits per heavy atom. The Morgan fingerprint density at radius 1 is 1.17 bits per heavy atom. The number of fused-ring (bicyclic) bond motifs is 1. The lowest BCUT2D eigenvalue weighted by Gasteiger charge is -2.15. The number of benzene rings is 2. The minimum Gasteiger partial charge on any atom is -0.484 e. The minimum absolute atomic E-state index is 0.0472. The van der Waals surface area contributed by atoms with Gasteiger partial charge >= 0.3 is 12.3 Å². The van der Waals surface area contributed by atoms with E-state index >= 15 is 0 Å². The summed E-state index contributed by atoms with van der Waals surface area (Å²) in [6, 6.07) is 8.63. The minimum atomic E-state index is -4.79. The Hall–Kier alpha value is -4.14. The molecule has 1 heterocycles. The van der Waals surface area contributed by atoms with Crippen LogP contribution in [0.2, 0.25) is 0 Å². The molecule has 2 aromatic carbocycles. The molecule has 1 N–H and O–H groups in total. The molecule has 0 saturated heterocycles. The fourth-order valence-corrected chi connectivity index (χ4v) is 3.11. The lowest BCUT2D eigenvalue weighted by molar-refractivity contribution is -0.274. The van der Waals surface area contributed by atoms with Crippen molar-refractivity contribution in [1.29, 1.82) is 0 Å². The number of ether oxygens (including phenoxy) is 3. The lowest BCUT2D eigenvalue weighted by atomic mass is 10.1. The van der Waals surface area contributed by atoms with Crippen LogP contribution in [0.3, 0.4) is 0 Å². The molecule has 35 heavy (non-hydrogen) atoms. The van der Waals surface area contributed by atoms with Gasteiger partial charge in [-0.1, -0.05) is 31.2 Å². The van der Waals surface area contributed by atoms with Gasteiger partial charge in [-0.2, -0.15) is 0 Å². The summed E-state index contributed by atoms with van der Waals surface area (Å²) in [4.78, 5) is 11.6. The predicted octanol–water partition coefficient (Wildman–Crippen LogP) is 7.26. The van der Waals surface area contributed by atoms with E-state index < -0.39 is 12.3 Å². The normalized spacial score (nSPS) is 12.2. The third-order valence-electron chi connectivity index (χ3n) is 4.75. The second kappa shape index (κ2) is 10.9. The number of rotatable bonds is 10. The summed E-state index contributed by atoms with van der Waals surface area (Å²) in [6.45, 7) is 7.23. The molecular weight excluding hydrogens is 465 g/mol. The Labute approximate surface area is 199 Å². The van der Waals surface area contributed by atoms with Crippen molar-refractivity contribution >= 4 is 23.0 Å². The van der Waals surface area contributed by atoms with E-state index in [0.29, 0.717) is 22.1 Å². The summed E-state index contributed by atoms with van der Waals surface area (Å²) in [5.41, 5.74) is 2.25. The van der Waals surface area contributed by atoms with E-state index in [4.69, 9.17) is 13.9 Å². The highest BCUT2D eigenvalue weighted by atomic mass is 19.4. The van der Waals surface area contributed by atoms with E-state index in [9.17, 15) is 23.1 Å². The van der Waals surface area contributed by atoms with Crippen molar-refractivity contribution in [3.8, 4) is 17.2 Å². The quantitative estimate of drug-likeness (QED) is 0.184. The number of carbonyl (C=O) groups is 1. The molecule has 184 valence electrons. The predicted molar refractivity (Wildman–Crippen MR) is 124 cm³/mol. The molecule has 0 radical (unpaired) electrons. The van der Waals surface area contributed by atoms with Gasteiger partial charge in [-0.3, -0.25) is 0 Å². The number of hydrogen-bond acceptors (Lipinski definition) is 5. The molecule has 6 nitrogen and oxygen atoms in total. The van der Waals surface area contributed by atoms with Gasteiger partial charge in [-0.15, -0.1) is 13.2 Å². The molecule has 0 spiro atoms.